The van der Waals surface area contributed by atoms with Crippen molar-refractivity contribution >= 4 is 0 Å². The Balaban J connectivity index is 2.30. The number of halogens is 1. The molecule has 1 atom stereocenters. The van der Waals surface area contributed by atoms with Gasteiger partial charge in [-0.1, -0.05) is 6.07 Å². The van der Waals surface area contributed by atoms with Gasteiger partial charge in [0.05, 0.1) is 12.6 Å². The van der Waals surface area contributed by atoms with Crippen molar-refractivity contribution in [3.8, 4) is 5.75 Å². The van der Waals surface area contributed by atoms with E-state index in [0.717, 1.165) is 31.6 Å². The van der Waals surface area contributed by atoms with E-state index >= 15 is 0 Å². The summed E-state index contributed by atoms with van der Waals surface area (Å²) in [5, 5.41) is 3.52. The zero-order valence-corrected chi connectivity index (χ0v) is 11.3. The summed E-state index contributed by atoms with van der Waals surface area (Å²) >= 11 is 0. The zero-order chi connectivity index (χ0) is 13.2. The number of likely N-dealkylation sites (N-methyl/N-ethyl adjacent to an activating group) is 1. The van der Waals surface area contributed by atoms with E-state index in [-0.39, 0.29) is 11.4 Å². The summed E-state index contributed by atoms with van der Waals surface area (Å²) in [5.74, 6) is -0.00532. The van der Waals surface area contributed by atoms with Crippen LogP contribution >= 0.6 is 0 Å². The molecule has 0 aromatic heterocycles. The molecule has 4 heteroatoms. The van der Waals surface area contributed by atoms with Gasteiger partial charge in [0.1, 0.15) is 0 Å². The van der Waals surface area contributed by atoms with Crippen molar-refractivity contribution in [1.29, 1.82) is 0 Å². The van der Waals surface area contributed by atoms with E-state index in [4.69, 9.17) is 4.74 Å². The van der Waals surface area contributed by atoms with E-state index in [0.29, 0.717) is 5.75 Å². The third-order valence-electron chi connectivity index (χ3n) is 3.61. The van der Waals surface area contributed by atoms with Gasteiger partial charge in [0.25, 0.3) is 0 Å². The van der Waals surface area contributed by atoms with Gasteiger partial charge in [-0.25, -0.2) is 4.39 Å². The Kier molecular flexibility index (Phi) is 3.88. The highest BCUT2D eigenvalue weighted by Gasteiger charge is 2.30. The van der Waals surface area contributed by atoms with Crippen molar-refractivity contribution in [2.45, 2.75) is 18.9 Å². The predicted octanol–water partition coefficient (Wildman–Crippen LogP) is 1.97. The molecular weight excluding hydrogens is 231 g/mol. The number of hydrogen-bond acceptors (Lipinski definition) is 3. The van der Waals surface area contributed by atoms with E-state index in [9.17, 15) is 4.39 Å². The summed E-state index contributed by atoms with van der Waals surface area (Å²) in [6.07, 6.45) is 1.12. The summed E-state index contributed by atoms with van der Waals surface area (Å²) in [7, 11) is 3.59. The number of hydrogen-bond donors (Lipinski definition) is 1. The van der Waals surface area contributed by atoms with E-state index in [1.807, 2.05) is 6.07 Å². The lowest BCUT2D eigenvalue weighted by Crippen LogP contribution is -2.45. The van der Waals surface area contributed by atoms with Gasteiger partial charge < -0.3 is 15.0 Å². The second-order valence-electron chi connectivity index (χ2n) is 5.20. The highest BCUT2D eigenvalue weighted by molar-refractivity contribution is 5.33. The molecule has 1 unspecified atom stereocenters. The third-order valence-corrected chi connectivity index (χ3v) is 3.61. The first-order valence-corrected chi connectivity index (χ1v) is 6.33. The van der Waals surface area contributed by atoms with E-state index < -0.39 is 0 Å². The van der Waals surface area contributed by atoms with Crippen LogP contribution in [0.4, 0.5) is 4.39 Å². The number of nitrogens with one attached hydrogen (secondary N) is 1. The van der Waals surface area contributed by atoms with Crippen molar-refractivity contribution in [2.75, 3.05) is 33.8 Å². The Morgan fingerprint density at radius 1 is 1.44 bits per heavy atom. The van der Waals surface area contributed by atoms with Crippen LogP contribution in [-0.4, -0.2) is 38.7 Å². The van der Waals surface area contributed by atoms with Crippen LogP contribution in [-0.2, 0) is 5.54 Å². The number of methoxy groups -OCH3 is 1. The monoisotopic (exact) mass is 252 g/mol. The molecule has 3 nitrogen and oxygen atoms in total. The largest absolute Gasteiger partial charge is 0.494 e. The minimum atomic E-state index is -0.301. The van der Waals surface area contributed by atoms with Crippen LogP contribution < -0.4 is 10.1 Å². The van der Waals surface area contributed by atoms with Crippen LogP contribution in [0.5, 0.6) is 5.75 Å². The Morgan fingerprint density at radius 3 is 2.89 bits per heavy atom. The van der Waals surface area contributed by atoms with Gasteiger partial charge in [-0.2, -0.15) is 0 Å². The molecule has 1 heterocycles. The molecule has 1 aromatic rings. The fourth-order valence-electron chi connectivity index (χ4n) is 2.59. The fraction of sp³-hybridized carbons (Fsp3) is 0.571. The van der Waals surface area contributed by atoms with E-state index in [1.165, 1.54) is 7.11 Å². The minimum absolute atomic E-state index is 0.210. The molecular formula is C14H21FN2O. The molecule has 1 aliphatic heterocycles. The average molecular weight is 252 g/mol. The van der Waals surface area contributed by atoms with Crippen molar-refractivity contribution in [1.82, 2.24) is 10.2 Å². The van der Waals surface area contributed by atoms with Crippen LogP contribution in [0.3, 0.4) is 0 Å². The molecule has 0 aliphatic carbocycles. The molecule has 18 heavy (non-hydrogen) atoms. The molecule has 100 valence electrons. The first-order chi connectivity index (χ1) is 8.55. The maximum atomic E-state index is 13.8. The lowest BCUT2D eigenvalue weighted by molar-refractivity contribution is 0.258. The number of rotatable bonds is 2. The number of benzene rings is 1. The highest BCUT2D eigenvalue weighted by Crippen LogP contribution is 2.27. The molecule has 1 N–H and O–H groups in total. The van der Waals surface area contributed by atoms with Crippen LogP contribution in [0.2, 0.25) is 0 Å². The van der Waals surface area contributed by atoms with Crippen LogP contribution in [0, 0.1) is 5.82 Å². The molecule has 1 fully saturated rings. The van der Waals surface area contributed by atoms with Gasteiger partial charge in [-0.15, -0.1) is 0 Å². The minimum Gasteiger partial charge on any atom is -0.494 e. The summed E-state index contributed by atoms with van der Waals surface area (Å²) in [6, 6.07) is 5.21. The Hall–Kier alpha value is -1.13. The first kappa shape index (κ1) is 13.3. The fourth-order valence-corrected chi connectivity index (χ4v) is 2.59. The summed E-state index contributed by atoms with van der Waals surface area (Å²) in [6.45, 7) is 5.02. The Labute approximate surface area is 108 Å². The third kappa shape index (κ3) is 2.65. The van der Waals surface area contributed by atoms with Crippen molar-refractivity contribution < 1.29 is 9.13 Å². The smallest absolute Gasteiger partial charge is 0.165 e. The average Bonchev–Trinajstić information content (AvgIpc) is 2.51. The summed E-state index contributed by atoms with van der Waals surface area (Å²) in [5.41, 5.74) is 0.757. The predicted molar refractivity (Wildman–Crippen MR) is 70.4 cm³/mol. The Morgan fingerprint density at radius 2 is 2.22 bits per heavy atom. The molecule has 1 aromatic carbocycles. The molecule has 0 spiro atoms. The van der Waals surface area contributed by atoms with Gasteiger partial charge >= 0.3 is 0 Å². The normalized spacial score (nSPS) is 25.8. The van der Waals surface area contributed by atoms with Crippen molar-refractivity contribution in [3.63, 3.8) is 0 Å². The van der Waals surface area contributed by atoms with Crippen LogP contribution in [0.25, 0.3) is 0 Å². The van der Waals surface area contributed by atoms with E-state index in [1.54, 1.807) is 12.1 Å². The number of ether oxygens (including phenoxy) is 1. The van der Waals surface area contributed by atoms with Gasteiger partial charge in [-0.3, -0.25) is 0 Å². The molecule has 1 aliphatic rings. The van der Waals surface area contributed by atoms with Crippen molar-refractivity contribution in [3.05, 3.63) is 29.6 Å². The van der Waals surface area contributed by atoms with Crippen molar-refractivity contribution in [2.24, 2.45) is 0 Å². The molecule has 1 saturated heterocycles. The first-order valence-electron chi connectivity index (χ1n) is 6.33. The lowest BCUT2D eigenvalue weighted by Gasteiger charge is -2.32. The second-order valence-corrected chi connectivity index (χ2v) is 5.20. The lowest BCUT2D eigenvalue weighted by atomic mass is 9.91. The topological polar surface area (TPSA) is 24.5 Å². The molecule has 0 bridgehead atoms. The van der Waals surface area contributed by atoms with Gasteiger partial charge in [0.2, 0.25) is 0 Å². The summed E-state index contributed by atoms with van der Waals surface area (Å²) < 4.78 is 18.8. The second kappa shape index (κ2) is 5.24. The maximum Gasteiger partial charge on any atom is 0.165 e. The highest BCUT2D eigenvalue weighted by atomic mass is 19.1. The molecule has 0 radical (unpaired) electrons. The molecule has 0 saturated carbocycles. The van der Waals surface area contributed by atoms with Gasteiger partial charge in [-0.05, 0) is 51.2 Å². The Bertz CT molecular complexity index is 424. The van der Waals surface area contributed by atoms with Crippen LogP contribution in [0.1, 0.15) is 18.9 Å². The SMILES string of the molecule is COc1ccc(C2(C)CN(C)CCCN2)cc1F. The van der Waals surface area contributed by atoms with Gasteiger partial charge in [0.15, 0.2) is 11.6 Å². The number of nitrogens with zero attached hydrogens (tertiary/aromatic N) is 1. The van der Waals surface area contributed by atoms with Crippen LogP contribution in [0.15, 0.2) is 18.2 Å². The maximum absolute atomic E-state index is 13.8. The molecule has 2 rings (SSSR count). The van der Waals surface area contributed by atoms with Gasteiger partial charge in [0, 0.05) is 6.54 Å². The zero-order valence-electron chi connectivity index (χ0n) is 11.3. The standard InChI is InChI=1S/C14H21FN2O/c1-14(10-17(2)8-4-7-16-14)11-5-6-13(18-3)12(15)9-11/h5-6,9,16H,4,7-8,10H2,1-3H3. The summed E-state index contributed by atoms with van der Waals surface area (Å²) in [4.78, 5) is 2.28. The molecule has 0 amide bonds. The quantitative estimate of drug-likeness (QED) is 0.871. The van der Waals surface area contributed by atoms with E-state index in [2.05, 4.69) is 24.2 Å².